The van der Waals surface area contributed by atoms with Gasteiger partial charge < -0.3 is 15.5 Å². The number of benzene rings is 1. The van der Waals surface area contributed by atoms with Gasteiger partial charge in [-0.2, -0.15) is 0 Å². The summed E-state index contributed by atoms with van der Waals surface area (Å²) in [5.74, 6) is -1.15. The van der Waals surface area contributed by atoms with Crippen LogP contribution in [0.1, 0.15) is 10.4 Å². The number of phenolic OH excluding ortho intramolecular Hbond substituents is 2. The van der Waals surface area contributed by atoms with Gasteiger partial charge in [-0.25, -0.2) is 0 Å². The van der Waals surface area contributed by atoms with E-state index in [-0.39, 0.29) is 22.1 Å². The maximum atomic E-state index is 12.0. The Morgan fingerprint density at radius 2 is 2.11 bits per heavy atom. The van der Waals surface area contributed by atoms with Crippen LogP contribution < -0.4 is 5.32 Å². The van der Waals surface area contributed by atoms with E-state index in [1.807, 2.05) is 0 Å². The Balaban J connectivity index is 2.21. The Hall–Kier alpha value is -1.72. The van der Waals surface area contributed by atoms with Gasteiger partial charge in [0.05, 0.1) is 22.7 Å². The lowest BCUT2D eigenvalue weighted by molar-refractivity contribution is 0.0964. The second-order valence-corrected chi connectivity index (χ2v) is 4.82. The van der Waals surface area contributed by atoms with Crippen molar-refractivity contribution in [1.29, 1.82) is 0 Å². The molecule has 0 fully saturated rings. The van der Waals surface area contributed by atoms with Crippen molar-refractivity contribution in [2.24, 2.45) is 4.99 Å². The maximum absolute atomic E-state index is 12.0. The zero-order valence-corrected chi connectivity index (χ0v) is 11.1. The molecule has 2 rings (SSSR count). The highest BCUT2D eigenvalue weighted by molar-refractivity contribution is 6.41. The quantitative estimate of drug-likeness (QED) is 0.577. The predicted octanol–water partition coefficient (Wildman–Crippen LogP) is 1.97. The molecule has 1 amide bonds. The van der Waals surface area contributed by atoms with Crippen molar-refractivity contribution < 1.29 is 15.0 Å². The van der Waals surface area contributed by atoms with Crippen molar-refractivity contribution in [3.8, 4) is 11.5 Å². The molecule has 1 aliphatic heterocycles. The summed E-state index contributed by atoms with van der Waals surface area (Å²) >= 11 is 11.9. The minimum Gasteiger partial charge on any atom is -0.504 e. The van der Waals surface area contributed by atoms with Crippen molar-refractivity contribution in [3.63, 3.8) is 0 Å². The number of allylic oxidation sites excluding steroid dienone is 1. The lowest BCUT2D eigenvalue weighted by Gasteiger charge is -2.18. The fourth-order valence-corrected chi connectivity index (χ4v) is 2.09. The van der Waals surface area contributed by atoms with Crippen molar-refractivity contribution in [2.75, 3.05) is 6.54 Å². The summed E-state index contributed by atoms with van der Waals surface area (Å²) in [4.78, 5) is 15.9. The number of aromatic hydroxyl groups is 2. The highest BCUT2D eigenvalue weighted by atomic mass is 35.5. The largest absolute Gasteiger partial charge is 0.504 e. The molecule has 0 aromatic heterocycles. The molecule has 1 aromatic carbocycles. The average molecular weight is 301 g/mol. The monoisotopic (exact) mass is 300 g/mol. The molecule has 3 N–H and O–H groups in total. The molecule has 100 valence electrons. The lowest BCUT2D eigenvalue weighted by Crippen LogP contribution is -2.31. The van der Waals surface area contributed by atoms with Gasteiger partial charge in [0, 0.05) is 11.8 Å². The number of halogens is 2. The van der Waals surface area contributed by atoms with Crippen molar-refractivity contribution in [2.45, 2.75) is 5.38 Å². The Bertz CT molecular complexity index is 584. The summed E-state index contributed by atoms with van der Waals surface area (Å²) in [5, 5.41) is 20.9. The molecule has 0 radical (unpaired) electrons. The standard InChI is InChI=1S/C12H10Cl2N2O3/c13-7-4-15-5-8(14)11(7)16-12(19)6-1-2-9(17)10(18)3-6/h1-4,8,17-18H,5H2,(H,16,19). The first-order valence-electron chi connectivity index (χ1n) is 5.36. The number of aliphatic imine (C=N–C) groups is 1. The van der Waals surface area contributed by atoms with Crippen LogP contribution in [-0.2, 0) is 0 Å². The van der Waals surface area contributed by atoms with E-state index in [1.54, 1.807) is 0 Å². The highest BCUT2D eigenvalue weighted by Crippen LogP contribution is 2.25. The Morgan fingerprint density at radius 1 is 1.37 bits per heavy atom. The van der Waals surface area contributed by atoms with E-state index in [1.165, 1.54) is 18.3 Å². The summed E-state index contributed by atoms with van der Waals surface area (Å²) < 4.78 is 0. The molecule has 19 heavy (non-hydrogen) atoms. The van der Waals surface area contributed by atoms with Crippen LogP contribution in [-0.4, -0.2) is 34.3 Å². The van der Waals surface area contributed by atoms with Gasteiger partial charge in [-0.3, -0.25) is 9.79 Å². The van der Waals surface area contributed by atoms with Crippen LogP contribution in [0, 0.1) is 0 Å². The molecular weight excluding hydrogens is 291 g/mol. The van der Waals surface area contributed by atoms with E-state index in [0.717, 1.165) is 6.07 Å². The number of carbonyl (C=O) groups is 1. The van der Waals surface area contributed by atoms with Gasteiger partial charge in [-0.05, 0) is 18.2 Å². The smallest absolute Gasteiger partial charge is 0.255 e. The number of carbonyl (C=O) groups excluding carboxylic acids is 1. The molecule has 1 atom stereocenters. The van der Waals surface area contributed by atoms with Crippen LogP contribution in [0.15, 0.2) is 33.9 Å². The minimum absolute atomic E-state index is 0.179. The van der Waals surface area contributed by atoms with Gasteiger partial charge in [0.2, 0.25) is 0 Å². The number of phenols is 2. The van der Waals surface area contributed by atoms with Gasteiger partial charge in [0.25, 0.3) is 5.91 Å². The normalized spacial score (nSPS) is 18.5. The zero-order chi connectivity index (χ0) is 14.0. The first-order chi connectivity index (χ1) is 8.99. The van der Waals surface area contributed by atoms with Crippen LogP contribution in [0.2, 0.25) is 0 Å². The number of hydrogen-bond donors (Lipinski definition) is 3. The van der Waals surface area contributed by atoms with E-state index in [0.29, 0.717) is 12.2 Å². The van der Waals surface area contributed by atoms with Crippen LogP contribution in [0.3, 0.4) is 0 Å². The number of rotatable bonds is 2. The third kappa shape index (κ3) is 3.00. The third-order valence-electron chi connectivity index (χ3n) is 2.53. The van der Waals surface area contributed by atoms with E-state index in [2.05, 4.69) is 10.3 Å². The second kappa shape index (κ2) is 5.50. The number of amides is 1. The Morgan fingerprint density at radius 3 is 2.74 bits per heavy atom. The molecule has 7 heteroatoms. The summed E-state index contributed by atoms with van der Waals surface area (Å²) in [5.41, 5.74) is 0.551. The molecule has 1 heterocycles. The van der Waals surface area contributed by atoms with E-state index < -0.39 is 11.3 Å². The summed E-state index contributed by atoms with van der Waals surface area (Å²) in [6.45, 7) is 0.328. The highest BCUT2D eigenvalue weighted by Gasteiger charge is 2.21. The van der Waals surface area contributed by atoms with Gasteiger partial charge in [0.1, 0.15) is 0 Å². The average Bonchev–Trinajstić information content (AvgIpc) is 2.37. The van der Waals surface area contributed by atoms with Gasteiger partial charge >= 0.3 is 0 Å². The number of dihydropyridines is 1. The van der Waals surface area contributed by atoms with Gasteiger partial charge in [0.15, 0.2) is 11.5 Å². The summed E-state index contributed by atoms with van der Waals surface area (Å²) in [6, 6.07) is 3.75. The first kappa shape index (κ1) is 13.7. The van der Waals surface area contributed by atoms with Crippen molar-refractivity contribution in [1.82, 2.24) is 5.32 Å². The fraction of sp³-hybridized carbons (Fsp3) is 0.167. The van der Waals surface area contributed by atoms with E-state index >= 15 is 0 Å². The summed E-state index contributed by atoms with van der Waals surface area (Å²) in [7, 11) is 0. The Kier molecular flexibility index (Phi) is 3.97. The number of nitrogens with zero attached hydrogens (tertiary/aromatic N) is 1. The molecule has 1 aromatic rings. The second-order valence-electron chi connectivity index (χ2n) is 3.88. The van der Waals surface area contributed by atoms with Gasteiger partial charge in [-0.15, -0.1) is 11.6 Å². The maximum Gasteiger partial charge on any atom is 0.255 e. The third-order valence-corrected chi connectivity index (χ3v) is 3.18. The topological polar surface area (TPSA) is 81.9 Å². The first-order valence-corrected chi connectivity index (χ1v) is 6.17. The van der Waals surface area contributed by atoms with E-state index in [9.17, 15) is 15.0 Å². The summed E-state index contributed by atoms with van der Waals surface area (Å²) in [6.07, 6.45) is 1.42. The van der Waals surface area contributed by atoms with Crippen LogP contribution in [0.5, 0.6) is 11.5 Å². The molecule has 5 nitrogen and oxygen atoms in total. The van der Waals surface area contributed by atoms with Crippen LogP contribution >= 0.6 is 23.2 Å². The van der Waals surface area contributed by atoms with Crippen molar-refractivity contribution >= 4 is 35.3 Å². The minimum atomic E-state index is -0.507. The Labute approximate surface area is 119 Å². The van der Waals surface area contributed by atoms with Crippen LogP contribution in [0.4, 0.5) is 0 Å². The molecule has 0 bridgehead atoms. The number of hydrogen-bond acceptors (Lipinski definition) is 4. The SMILES string of the molecule is O=C(NC1=C(Cl)C=NCC1Cl)c1ccc(O)c(O)c1. The van der Waals surface area contributed by atoms with E-state index in [4.69, 9.17) is 23.2 Å². The molecule has 1 aliphatic rings. The molecule has 0 saturated heterocycles. The van der Waals surface area contributed by atoms with Crippen LogP contribution in [0.25, 0.3) is 0 Å². The fourth-order valence-electron chi connectivity index (χ4n) is 1.53. The van der Waals surface area contributed by atoms with Gasteiger partial charge in [-0.1, -0.05) is 11.6 Å². The molecule has 0 saturated carbocycles. The molecule has 0 spiro atoms. The lowest BCUT2D eigenvalue weighted by atomic mass is 10.1. The van der Waals surface area contributed by atoms with Crippen molar-refractivity contribution in [3.05, 3.63) is 34.5 Å². The predicted molar refractivity (Wildman–Crippen MR) is 73.1 cm³/mol. The zero-order valence-electron chi connectivity index (χ0n) is 9.60. The molecule has 1 unspecified atom stereocenters. The molecule has 0 aliphatic carbocycles. The number of nitrogens with one attached hydrogen (secondary N) is 1. The number of alkyl halides is 1. The molecular formula is C12H10Cl2N2O3.